The predicted molar refractivity (Wildman–Crippen MR) is 100 cm³/mol. The predicted octanol–water partition coefficient (Wildman–Crippen LogP) is 2.56. The third-order valence-electron chi connectivity index (χ3n) is 4.66. The first-order valence-corrected chi connectivity index (χ1v) is 10.3. The van der Waals surface area contributed by atoms with Gasteiger partial charge < -0.3 is 5.32 Å². The van der Waals surface area contributed by atoms with Crippen molar-refractivity contribution >= 4 is 21.4 Å². The van der Waals surface area contributed by atoms with Crippen molar-refractivity contribution in [3.63, 3.8) is 0 Å². The van der Waals surface area contributed by atoms with Crippen molar-refractivity contribution in [1.29, 1.82) is 0 Å². The number of benzene rings is 2. The van der Waals surface area contributed by atoms with Crippen molar-refractivity contribution < 1.29 is 18.1 Å². The van der Waals surface area contributed by atoms with Gasteiger partial charge >= 0.3 is 0 Å². The summed E-state index contributed by atoms with van der Waals surface area (Å²) >= 11 is 0. The van der Waals surface area contributed by atoms with Gasteiger partial charge in [0.25, 0.3) is 5.69 Å². The molecule has 1 amide bonds. The standard InChI is InChI=1S/C19H20N2O5S/c22-19(20-13-14-4-7-17(8-5-14)21(23)24)10-11-27(25,26)18-9-6-15-2-1-3-16(15)12-18/h4-9,12H,1-3,10-11,13H2,(H,20,22). The van der Waals surface area contributed by atoms with Crippen LogP contribution in [0.3, 0.4) is 0 Å². The Morgan fingerprint density at radius 3 is 2.48 bits per heavy atom. The molecule has 0 aliphatic heterocycles. The minimum absolute atomic E-state index is 0.0227. The van der Waals surface area contributed by atoms with Crippen molar-refractivity contribution in [1.82, 2.24) is 5.32 Å². The molecule has 0 atom stereocenters. The maximum absolute atomic E-state index is 12.5. The molecule has 0 radical (unpaired) electrons. The number of sulfone groups is 1. The van der Waals surface area contributed by atoms with Crippen molar-refractivity contribution in [3.05, 3.63) is 69.3 Å². The summed E-state index contributed by atoms with van der Waals surface area (Å²) in [5.74, 6) is -0.629. The average molecular weight is 388 g/mol. The van der Waals surface area contributed by atoms with Crippen LogP contribution >= 0.6 is 0 Å². The first-order chi connectivity index (χ1) is 12.8. The first-order valence-electron chi connectivity index (χ1n) is 8.70. The lowest BCUT2D eigenvalue weighted by Crippen LogP contribution is -2.25. The van der Waals surface area contributed by atoms with Gasteiger partial charge in [-0.25, -0.2) is 8.42 Å². The number of rotatable bonds is 7. The molecule has 0 saturated heterocycles. The number of amides is 1. The van der Waals surface area contributed by atoms with E-state index in [1.54, 1.807) is 24.3 Å². The molecule has 1 aliphatic carbocycles. The highest BCUT2D eigenvalue weighted by Crippen LogP contribution is 2.25. The Kier molecular flexibility index (Phi) is 5.55. The van der Waals surface area contributed by atoms with Gasteiger partial charge in [0.1, 0.15) is 0 Å². The van der Waals surface area contributed by atoms with Crippen molar-refractivity contribution in [2.75, 3.05) is 5.75 Å². The third-order valence-corrected chi connectivity index (χ3v) is 6.38. The Morgan fingerprint density at radius 1 is 1.07 bits per heavy atom. The van der Waals surface area contributed by atoms with E-state index >= 15 is 0 Å². The van der Waals surface area contributed by atoms with E-state index in [-0.39, 0.29) is 35.2 Å². The second-order valence-corrected chi connectivity index (χ2v) is 8.66. The summed E-state index contributed by atoms with van der Waals surface area (Å²) in [4.78, 5) is 22.4. The molecular weight excluding hydrogens is 368 g/mol. The summed E-state index contributed by atoms with van der Waals surface area (Å²) in [5.41, 5.74) is 2.97. The van der Waals surface area contributed by atoms with Gasteiger partial charge in [-0.2, -0.15) is 0 Å². The zero-order chi connectivity index (χ0) is 19.4. The molecule has 27 heavy (non-hydrogen) atoms. The second kappa shape index (κ2) is 7.87. The number of carbonyl (C=O) groups excluding carboxylic acids is 1. The molecule has 7 nitrogen and oxygen atoms in total. The quantitative estimate of drug-likeness (QED) is 0.579. The lowest BCUT2D eigenvalue weighted by atomic mass is 10.1. The van der Waals surface area contributed by atoms with Crippen LogP contribution in [-0.4, -0.2) is 25.0 Å². The minimum atomic E-state index is -3.51. The van der Waals surface area contributed by atoms with Crippen LogP contribution in [0, 0.1) is 10.1 Å². The Hall–Kier alpha value is -2.74. The van der Waals surface area contributed by atoms with Crippen LogP contribution < -0.4 is 5.32 Å². The number of hydrogen-bond acceptors (Lipinski definition) is 5. The number of non-ortho nitro benzene ring substituents is 1. The lowest BCUT2D eigenvalue weighted by Gasteiger charge is -2.08. The molecule has 0 heterocycles. The largest absolute Gasteiger partial charge is 0.352 e. The van der Waals surface area contributed by atoms with Gasteiger partial charge in [0.05, 0.1) is 15.6 Å². The molecule has 3 rings (SSSR count). The first kappa shape index (κ1) is 19.0. The minimum Gasteiger partial charge on any atom is -0.352 e. The molecular formula is C19H20N2O5S. The van der Waals surface area contributed by atoms with Crippen LogP contribution in [0.2, 0.25) is 0 Å². The topological polar surface area (TPSA) is 106 Å². The monoisotopic (exact) mass is 388 g/mol. The molecule has 1 aliphatic rings. The average Bonchev–Trinajstić information content (AvgIpc) is 3.13. The summed E-state index contributed by atoms with van der Waals surface area (Å²) in [7, 11) is -3.51. The summed E-state index contributed by atoms with van der Waals surface area (Å²) < 4.78 is 24.9. The SMILES string of the molecule is O=C(CCS(=O)(=O)c1ccc2c(c1)CCC2)NCc1ccc([N+](=O)[O-])cc1. The molecule has 1 N–H and O–H groups in total. The number of carbonyl (C=O) groups is 1. The highest BCUT2D eigenvalue weighted by Gasteiger charge is 2.19. The number of fused-ring (bicyclic) bond motifs is 1. The Bertz CT molecular complexity index is 968. The molecule has 0 unspecified atom stereocenters. The normalized spacial score (nSPS) is 13.2. The fraction of sp³-hybridized carbons (Fsp3) is 0.316. The number of nitro benzene ring substituents is 1. The van der Waals surface area contributed by atoms with E-state index in [1.807, 2.05) is 6.07 Å². The molecule has 142 valence electrons. The molecule has 0 spiro atoms. The van der Waals surface area contributed by atoms with Gasteiger partial charge in [0.2, 0.25) is 5.91 Å². The van der Waals surface area contributed by atoms with Crippen LogP contribution in [0.5, 0.6) is 0 Å². The molecule has 0 aromatic heterocycles. The van der Waals surface area contributed by atoms with E-state index in [4.69, 9.17) is 0 Å². The number of nitro groups is 1. The molecule has 0 fully saturated rings. The number of hydrogen-bond donors (Lipinski definition) is 1. The fourth-order valence-corrected chi connectivity index (χ4v) is 4.40. The van der Waals surface area contributed by atoms with Gasteiger partial charge in [0.15, 0.2) is 9.84 Å². The van der Waals surface area contributed by atoms with E-state index in [0.29, 0.717) is 5.56 Å². The molecule has 2 aromatic rings. The van der Waals surface area contributed by atoms with Gasteiger partial charge in [-0.1, -0.05) is 18.2 Å². The van der Waals surface area contributed by atoms with Gasteiger partial charge in [-0.3, -0.25) is 14.9 Å². The van der Waals surface area contributed by atoms with Crippen LogP contribution in [0.4, 0.5) is 5.69 Å². The molecule has 0 bridgehead atoms. The van der Waals surface area contributed by atoms with Crippen LogP contribution in [0.25, 0.3) is 0 Å². The molecule has 0 saturated carbocycles. The van der Waals surface area contributed by atoms with Crippen LogP contribution in [0.1, 0.15) is 29.5 Å². The van der Waals surface area contributed by atoms with Crippen LogP contribution in [0.15, 0.2) is 47.4 Å². The van der Waals surface area contributed by atoms with E-state index in [0.717, 1.165) is 24.8 Å². The maximum atomic E-state index is 12.5. The Balaban J connectivity index is 1.53. The van der Waals surface area contributed by atoms with Gasteiger partial charge in [0, 0.05) is 25.1 Å². The van der Waals surface area contributed by atoms with Crippen molar-refractivity contribution in [2.45, 2.75) is 37.1 Å². The van der Waals surface area contributed by atoms with Crippen molar-refractivity contribution in [3.8, 4) is 0 Å². The highest BCUT2D eigenvalue weighted by atomic mass is 32.2. The van der Waals surface area contributed by atoms with Crippen LogP contribution in [-0.2, 0) is 34.0 Å². The Morgan fingerprint density at radius 2 is 1.78 bits per heavy atom. The molecule has 2 aromatic carbocycles. The number of nitrogens with one attached hydrogen (secondary N) is 1. The lowest BCUT2D eigenvalue weighted by molar-refractivity contribution is -0.384. The van der Waals surface area contributed by atoms with Crippen molar-refractivity contribution in [2.24, 2.45) is 0 Å². The summed E-state index contributed by atoms with van der Waals surface area (Å²) in [6.45, 7) is 0.190. The van der Waals surface area contributed by atoms with E-state index in [9.17, 15) is 23.3 Å². The zero-order valence-electron chi connectivity index (χ0n) is 14.7. The summed E-state index contributed by atoms with van der Waals surface area (Å²) in [5, 5.41) is 13.3. The van der Waals surface area contributed by atoms with Gasteiger partial charge in [-0.05, 0) is 48.1 Å². The number of nitrogens with zero attached hydrogens (tertiary/aromatic N) is 1. The second-order valence-electron chi connectivity index (χ2n) is 6.55. The van der Waals surface area contributed by atoms with E-state index in [1.165, 1.54) is 17.7 Å². The van der Waals surface area contributed by atoms with E-state index in [2.05, 4.69) is 5.32 Å². The third kappa shape index (κ3) is 4.71. The smallest absolute Gasteiger partial charge is 0.269 e. The van der Waals surface area contributed by atoms with Gasteiger partial charge in [-0.15, -0.1) is 0 Å². The van der Waals surface area contributed by atoms with E-state index < -0.39 is 14.8 Å². The fourth-order valence-electron chi connectivity index (χ4n) is 3.11. The Labute approximate surface area is 157 Å². The number of aryl methyl sites for hydroxylation is 2. The molecule has 8 heteroatoms. The highest BCUT2D eigenvalue weighted by molar-refractivity contribution is 7.91. The summed E-state index contributed by atoms with van der Waals surface area (Å²) in [6, 6.07) is 11.0. The maximum Gasteiger partial charge on any atom is 0.269 e. The summed E-state index contributed by atoms with van der Waals surface area (Å²) in [6.07, 6.45) is 2.80. The zero-order valence-corrected chi connectivity index (χ0v) is 15.5.